The monoisotopic (exact) mass is 288 g/mol. The Bertz CT molecular complexity index is 671. The van der Waals surface area contributed by atoms with Crippen LogP contribution in [0.15, 0.2) is 36.4 Å². The Balaban J connectivity index is 2.12. The minimum Gasteiger partial charge on any atom is -0.478 e. The quantitative estimate of drug-likeness (QED) is 0.739. The maximum atomic E-state index is 13.3. The number of nitrogens with two attached hydrogens (primary N) is 1. The minimum atomic E-state index is -1.25. The van der Waals surface area contributed by atoms with Crippen LogP contribution >= 0.6 is 0 Å². The van der Waals surface area contributed by atoms with Crippen molar-refractivity contribution in [1.29, 1.82) is 0 Å². The lowest BCUT2D eigenvalue weighted by atomic mass is 10.1. The van der Waals surface area contributed by atoms with Crippen LogP contribution < -0.4 is 11.1 Å². The average molecular weight is 288 g/mol. The summed E-state index contributed by atoms with van der Waals surface area (Å²) in [6, 6.07) is 10.5. The Morgan fingerprint density at radius 3 is 2.67 bits per heavy atom. The smallest absolute Gasteiger partial charge is 0.340 e. The number of aromatic carboxylic acids is 1. The summed E-state index contributed by atoms with van der Waals surface area (Å²) in [7, 11) is 0. The Morgan fingerprint density at radius 2 is 2.00 bits per heavy atom. The van der Waals surface area contributed by atoms with Gasteiger partial charge in [0, 0.05) is 6.54 Å². The highest BCUT2D eigenvalue weighted by molar-refractivity contribution is 6.00. The van der Waals surface area contributed by atoms with Crippen LogP contribution in [0.5, 0.6) is 0 Å². The van der Waals surface area contributed by atoms with Crippen molar-refractivity contribution in [1.82, 2.24) is 0 Å². The van der Waals surface area contributed by atoms with E-state index in [1.807, 2.05) is 31.2 Å². The van der Waals surface area contributed by atoms with Crippen LogP contribution in [0, 0.1) is 12.7 Å². The number of rotatable bonds is 5. The lowest BCUT2D eigenvalue weighted by molar-refractivity contribution is 0.0698. The summed E-state index contributed by atoms with van der Waals surface area (Å²) in [5, 5.41) is 12.2. The van der Waals surface area contributed by atoms with Gasteiger partial charge in [-0.2, -0.15) is 0 Å². The molecule has 2 aromatic rings. The predicted molar refractivity (Wildman–Crippen MR) is 81.1 cm³/mol. The van der Waals surface area contributed by atoms with Crippen LogP contribution in [-0.4, -0.2) is 17.6 Å². The molecule has 0 aliphatic heterocycles. The molecular weight excluding hydrogens is 271 g/mol. The number of anilines is 2. The molecule has 0 unspecified atom stereocenters. The zero-order valence-electron chi connectivity index (χ0n) is 11.7. The number of nitrogen functional groups attached to an aromatic ring is 1. The molecule has 2 aromatic carbocycles. The number of carbonyl (C=O) groups is 1. The van der Waals surface area contributed by atoms with Gasteiger partial charge in [-0.05, 0) is 36.6 Å². The Morgan fingerprint density at radius 1 is 1.29 bits per heavy atom. The van der Waals surface area contributed by atoms with Gasteiger partial charge in [0.05, 0.1) is 11.4 Å². The first-order valence-electron chi connectivity index (χ1n) is 6.60. The molecule has 0 saturated heterocycles. The largest absolute Gasteiger partial charge is 0.478 e. The van der Waals surface area contributed by atoms with Gasteiger partial charge in [-0.3, -0.25) is 0 Å². The van der Waals surface area contributed by atoms with Gasteiger partial charge in [0.15, 0.2) is 0 Å². The fourth-order valence-electron chi connectivity index (χ4n) is 2.19. The first-order chi connectivity index (χ1) is 10.0. The van der Waals surface area contributed by atoms with E-state index in [2.05, 4.69) is 5.32 Å². The molecular formula is C16H17FN2O2. The van der Waals surface area contributed by atoms with Crippen molar-refractivity contribution in [3.63, 3.8) is 0 Å². The molecule has 0 bridgehead atoms. The summed E-state index contributed by atoms with van der Waals surface area (Å²) in [4.78, 5) is 11.2. The summed E-state index contributed by atoms with van der Waals surface area (Å²) in [5.41, 5.74) is 7.61. The molecule has 0 fully saturated rings. The van der Waals surface area contributed by atoms with Gasteiger partial charge in [-0.15, -0.1) is 0 Å². The average Bonchev–Trinajstić information content (AvgIpc) is 2.44. The van der Waals surface area contributed by atoms with E-state index in [0.717, 1.165) is 12.5 Å². The van der Waals surface area contributed by atoms with Gasteiger partial charge in [-0.1, -0.05) is 24.3 Å². The Kier molecular flexibility index (Phi) is 4.42. The van der Waals surface area contributed by atoms with Crippen molar-refractivity contribution < 1.29 is 14.3 Å². The van der Waals surface area contributed by atoms with Crippen LogP contribution in [0.25, 0.3) is 0 Å². The highest BCUT2D eigenvalue weighted by Crippen LogP contribution is 2.25. The molecule has 0 aliphatic rings. The number of halogens is 1. The first-order valence-corrected chi connectivity index (χ1v) is 6.60. The van der Waals surface area contributed by atoms with E-state index in [1.54, 1.807) is 0 Å². The van der Waals surface area contributed by atoms with E-state index in [9.17, 15) is 9.18 Å². The second-order valence-corrected chi connectivity index (χ2v) is 4.79. The van der Waals surface area contributed by atoms with Crippen LogP contribution in [0.2, 0.25) is 0 Å². The van der Waals surface area contributed by atoms with Crippen molar-refractivity contribution >= 4 is 17.3 Å². The third-order valence-corrected chi connectivity index (χ3v) is 3.38. The second-order valence-electron chi connectivity index (χ2n) is 4.79. The third kappa shape index (κ3) is 3.31. The van der Waals surface area contributed by atoms with Crippen molar-refractivity contribution in [3.8, 4) is 0 Å². The van der Waals surface area contributed by atoms with Gasteiger partial charge in [0.25, 0.3) is 0 Å². The Hall–Kier alpha value is -2.56. The fourth-order valence-corrected chi connectivity index (χ4v) is 2.19. The van der Waals surface area contributed by atoms with Gasteiger partial charge in [-0.25, -0.2) is 9.18 Å². The van der Waals surface area contributed by atoms with E-state index < -0.39 is 11.8 Å². The third-order valence-electron chi connectivity index (χ3n) is 3.38. The molecule has 2 rings (SSSR count). The lowest BCUT2D eigenvalue weighted by Gasteiger charge is -2.12. The molecule has 0 atom stereocenters. The van der Waals surface area contributed by atoms with E-state index in [0.29, 0.717) is 12.2 Å². The van der Waals surface area contributed by atoms with Crippen molar-refractivity contribution in [2.75, 3.05) is 17.6 Å². The van der Waals surface area contributed by atoms with Gasteiger partial charge in [0.2, 0.25) is 0 Å². The summed E-state index contributed by atoms with van der Waals surface area (Å²) in [6.07, 6.45) is 0.739. The highest BCUT2D eigenvalue weighted by Gasteiger charge is 2.17. The standard InChI is InChI=1S/C16H17FN2O2/c1-10-4-2-3-5-11(10)8-9-19-13-7-6-12(17)15(18)14(13)16(20)21/h2-7,19H,8-9,18H2,1H3,(H,20,21). The predicted octanol–water partition coefficient (Wildman–Crippen LogP) is 3.07. The van der Waals surface area contributed by atoms with E-state index in [4.69, 9.17) is 10.8 Å². The van der Waals surface area contributed by atoms with Crippen LogP contribution in [-0.2, 0) is 6.42 Å². The number of hydrogen-bond donors (Lipinski definition) is 3. The number of carboxylic acids is 1. The molecule has 0 spiro atoms. The zero-order chi connectivity index (χ0) is 15.4. The normalized spacial score (nSPS) is 10.4. The summed E-state index contributed by atoms with van der Waals surface area (Å²) in [6.45, 7) is 2.56. The summed E-state index contributed by atoms with van der Waals surface area (Å²) < 4.78 is 13.3. The highest BCUT2D eigenvalue weighted by atomic mass is 19.1. The number of hydrogen-bond acceptors (Lipinski definition) is 3. The lowest BCUT2D eigenvalue weighted by Crippen LogP contribution is -2.13. The summed E-state index contributed by atoms with van der Waals surface area (Å²) >= 11 is 0. The molecule has 4 nitrogen and oxygen atoms in total. The number of carboxylic acid groups (broad SMARTS) is 1. The first kappa shape index (κ1) is 14.8. The molecule has 0 aliphatic carbocycles. The number of nitrogens with one attached hydrogen (secondary N) is 1. The molecule has 0 saturated carbocycles. The maximum Gasteiger partial charge on any atom is 0.340 e. The van der Waals surface area contributed by atoms with Gasteiger partial charge >= 0.3 is 5.97 Å². The maximum absolute atomic E-state index is 13.3. The van der Waals surface area contributed by atoms with Crippen LogP contribution in [0.4, 0.5) is 15.8 Å². The Labute approximate surface area is 122 Å². The summed E-state index contributed by atoms with van der Waals surface area (Å²) in [5.74, 6) is -1.97. The van der Waals surface area contributed by atoms with Crippen LogP contribution in [0.1, 0.15) is 21.5 Å². The molecule has 0 amide bonds. The molecule has 0 heterocycles. The van der Waals surface area contributed by atoms with Crippen molar-refractivity contribution in [2.24, 2.45) is 0 Å². The minimum absolute atomic E-state index is 0.222. The fraction of sp³-hybridized carbons (Fsp3) is 0.188. The molecule has 4 N–H and O–H groups in total. The second kappa shape index (κ2) is 6.26. The van der Waals surface area contributed by atoms with Crippen molar-refractivity contribution in [3.05, 3.63) is 58.9 Å². The van der Waals surface area contributed by atoms with Crippen LogP contribution in [0.3, 0.4) is 0 Å². The SMILES string of the molecule is Cc1ccccc1CCNc1ccc(F)c(N)c1C(=O)O. The number of benzene rings is 2. The van der Waals surface area contributed by atoms with E-state index >= 15 is 0 Å². The van der Waals surface area contributed by atoms with Gasteiger partial charge in [0.1, 0.15) is 11.4 Å². The van der Waals surface area contributed by atoms with E-state index in [1.165, 1.54) is 17.2 Å². The topological polar surface area (TPSA) is 75.3 Å². The van der Waals surface area contributed by atoms with Crippen molar-refractivity contribution in [2.45, 2.75) is 13.3 Å². The molecule has 21 heavy (non-hydrogen) atoms. The molecule has 5 heteroatoms. The molecule has 0 aromatic heterocycles. The number of aryl methyl sites for hydroxylation is 1. The zero-order valence-corrected chi connectivity index (χ0v) is 11.7. The molecule has 0 radical (unpaired) electrons. The van der Waals surface area contributed by atoms with E-state index in [-0.39, 0.29) is 11.3 Å². The van der Waals surface area contributed by atoms with Gasteiger partial charge < -0.3 is 16.2 Å². The molecule has 110 valence electrons.